The molecule has 1 spiro atoms. The molecule has 4 rings (SSSR count). The normalized spacial score (nSPS) is 22.4. The van der Waals surface area contributed by atoms with Crippen LogP contribution >= 0.6 is 0 Å². The Morgan fingerprint density at radius 2 is 1.80 bits per heavy atom. The van der Waals surface area contributed by atoms with Crippen LogP contribution in [-0.2, 0) is 21.2 Å². The molecular weight excluding hydrogens is 495 g/mol. The van der Waals surface area contributed by atoms with Gasteiger partial charge in [0.15, 0.2) is 0 Å². The molecule has 1 saturated carbocycles. The quantitative estimate of drug-likeness (QED) is 0.552. The van der Waals surface area contributed by atoms with E-state index in [1.807, 2.05) is 0 Å². The van der Waals surface area contributed by atoms with Crippen molar-refractivity contribution in [3.05, 3.63) is 59.9 Å². The Balaban J connectivity index is 1.74. The Morgan fingerprint density at radius 3 is 2.37 bits per heavy atom. The van der Waals surface area contributed by atoms with Crippen molar-refractivity contribution in [3.8, 4) is 11.1 Å². The number of carbonyl (C=O) groups is 1. The van der Waals surface area contributed by atoms with Crippen molar-refractivity contribution in [2.75, 3.05) is 12.6 Å². The summed E-state index contributed by atoms with van der Waals surface area (Å²) in [6, 6.07) is 8.77. The molecule has 1 aliphatic carbocycles. The van der Waals surface area contributed by atoms with Crippen molar-refractivity contribution < 1.29 is 40.3 Å². The van der Waals surface area contributed by atoms with Gasteiger partial charge in [-0.05, 0) is 30.4 Å². The Kier molecular flexibility index (Phi) is 6.66. The van der Waals surface area contributed by atoms with Crippen LogP contribution in [0.15, 0.2) is 48.5 Å². The molecule has 2 aromatic rings. The predicted octanol–water partition coefficient (Wildman–Crippen LogP) is 3.16. The molecule has 1 saturated heterocycles. The molecule has 2 aliphatic rings. The average molecular weight is 519 g/mol. The summed E-state index contributed by atoms with van der Waals surface area (Å²) >= 11 is 0. The molecule has 12 heteroatoms. The van der Waals surface area contributed by atoms with Crippen molar-refractivity contribution in [1.82, 2.24) is 9.62 Å². The fourth-order valence-electron chi connectivity index (χ4n) is 4.77. The number of aliphatic hydroxyl groups excluding tert-OH is 1. The first-order chi connectivity index (χ1) is 16.4. The number of hydrogen-bond donors (Lipinski definition) is 2. The van der Waals surface area contributed by atoms with Crippen LogP contribution in [-0.4, -0.2) is 61.2 Å². The highest BCUT2D eigenvalue weighted by Crippen LogP contribution is 2.56. The summed E-state index contributed by atoms with van der Waals surface area (Å²) in [6.07, 6.45) is -8.15. The Bertz CT molecular complexity index is 1200. The molecule has 2 N–H and O–H groups in total. The van der Waals surface area contributed by atoms with Crippen molar-refractivity contribution in [3.63, 3.8) is 0 Å². The van der Waals surface area contributed by atoms with E-state index in [1.54, 1.807) is 36.4 Å². The van der Waals surface area contributed by atoms with E-state index >= 15 is 4.39 Å². The zero-order valence-electron chi connectivity index (χ0n) is 18.3. The molecule has 0 bridgehead atoms. The second-order valence-corrected chi connectivity index (χ2v) is 10.7. The monoisotopic (exact) mass is 518 g/mol. The lowest BCUT2D eigenvalue weighted by atomic mass is 9.91. The summed E-state index contributed by atoms with van der Waals surface area (Å²) in [5.74, 6) is -2.33. The van der Waals surface area contributed by atoms with E-state index in [0.717, 1.165) is 4.90 Å². The van der Waals surface area contributed by atoms with Gasteiger partial charge in [-0.3, -0.25) is 4.79 Å². The maximum Gasteiger partial charge on any atom is 0.423 e. The van der Waals surface area contributed by atoms with Crippen LogP contribution in [0.25, 0.3) is 11.1 Å². The van der Waals surface area contributed by atoms with Crippen LogP contribution in [0.3, 0.4) is 0 Å². The number of nitrogens with one attached hydrogen (secondary N) is 1. The molecule has 2 fully saturated rings. The summed E-state index contributed by atoms with van der Waals surface area (Å²) in [7, 11) is -4.45. The minimum Gasteiger partial charge on any atom is -0.376 e. The lowest BCUT2D eigenvalue weighted by Crippen LogP contribution is -2.53. The van der Waals surface area contributed by atoms with Gasteiger partial charge >= 0.3 is 6.18 Å². The van der Waals surface area contributed by atoms with Gasteiger partial charge in [0, 0.05) is 23.6 Å². The highest BCUT2D eigenvalue weighted by atomic mass is 32.2. The maximum atomic E-state index is 15.5. The van der Waals surface area contributed by atoms with Gasteiger partial charge in [-0.2, -0.15) is 13.2 Å². The minimum atomic E-state index is -5.24. The summed E-state index contributed by atoms with van der Waals surface area (Å²) in [5, 5.41) is 9.61. The van der Waals surface area contributed by atoms with E-state index in [-0.39, 0.29) is 24.1 Å². The van der Waals surface area contributed by atoms with Crippen LogP contribution in [0, 0.1) is 11.2 Å². The van der Waals surface area contributed by atoms with E-state index in [2.05, 4.69) is 4.72 Å². The highest BCUT2D eigenvalue weighted by molar-refractivity contribution is 7.89. The van der Waals surface area contributed by atoms with Crippen LogP contribution < -0.4 is 4.72 Å². The van der Waals surface area contributed by atoms with Gasteiger partial charge in [-0.25, -0.2) is 21.9 Å². The number of benzene rings is 2. The van der Waals surface area contributed by atoms with Gasteiger partial charge in [0.1, 0.15) is 5.82 Å². The number of amides is 1. The van der Waals surface area contributed by atoms with Gasteiger partial charge in [0.25, 0.3) is 5.91 Å². The summed E-state index contributed by atoms with van der Waals surface area (Å²) in [5.41, 5.74) is -0.109. The summed E-state index contributed by atoms with van der Waals surface area (Å²) in [6.45, 7) is -0.275. The van der Waals surface area contributed by atoms with E-state index in [4.69, 9.17) is 0 Å². The van der Waals surface area contributed by atoms with E-state index < -0.39 is 57.5 Å². The molecule has 0 aromatic heterocycles. The molecular formula is C23H23F5N2O4S. The Hall–Kier alpha value is -2.57. The van der Waals surface area contributed by atoms with Gasteiger partial charge in [-0.15, -0.1) is 0 Å². The third-order valence-electron chi connectivity index (χ3n) is 6.69. The lowest BCUT2D eigenvalue weighted by Gasteiger charge is -2.31. The van der Waals surface area contributed by atoms with Crippen LogP contribution in [0.4, 0.5) is 22.0 Å². The zero-order chi connectivity index (χ0) is 25.6. The maximum absolute atomic E-state index is 15.5. The number of alkyl halides is 4. The molecule has 2 aromatic carbocycles. The van der Waals surface area contributed by atoms with Crippen molar-refractivity contribution >= 4 is 15.9 Å². The summed E-state index contributed by atoms with van der Waals surface area (Å²) in [4.78, 5) is 13.4. The number of rotatable bonds is 7. The number of aliphatic hydroxyl groups is 1. The van der Waals surface area contributed by atoms with E-state index in [0.29, 0.717) is 18.4 Å². The van der Waals surface area contributed by atoms with E-state index in [9.17, 15) is 35.9 Å². The standard InChI is InChI=1S/C23H23F5N2O4S/c24-13-35(33,34)29-19-17(30(12-22(19)9-10-22)21(32)20(31)23(26,27)28)11-15-7-4-8-16(18(15)25)14-5-2-1-3-6-14/h1-8,17,19-20,29,31H,9-13H2/t17-,19+,20-/m0/s1. The molecule has 35 heavy (non-hydrogen) atoms. The third-order valence-corrected chi connectivity index (χ3v) is 7.59. The summed E-state index contributed by atoms with van der Waals surface area (Å²) < 4.78 is 94.3. The van der Waals surface area contributed by atoms with Crippen LogP contribution in [0.1, 0.15) is 18.4 Å². The van der Waals surface area contributed by atoms with Crippen LogP contribution in [0.5, 0.6) is 0 Å². The number of carbonyl (C=O) groups excluding carboxylic acids is 1. The largest absolute Gasteiger partial charge is 0.423 e. The molecule has 0 radical (unpaired) electrons. The van der Waals surface area contributed by atoms with Crippen LogP contribution in [0.2, 0.25) is 0 Å². The second-order valence-electron chi connectivity index (χ2n) is 9.01. The molecule has 6 nitrogen and oxygen atoms in total. The first-order valence-electron chi connectivity index (χ1n) is 10.8. The molecule has 190 valence electrons. The average Bonchev–Trinajstić information content (AvgIpc) is 3.54. The fraction of sp³-hybridized carbons (Fsp3) is 0.435. The molecule has 1 heterocycles. The number of halogens is 5. The molecule has 1 aliphatic heterocycles. The van der Waals surface area contributed by atoms with E-state index in [1.165, 1.54) is 12.1 Å². The third kappa shape index (κ3) is 5.05. The van der Waals surface area contributed by atoms with Crippen molar-refractivity contribution in [2.24, 2.45) is 5.41 Å². The minimum absolute atomic E-state index is 0.0396. The lowest BCUT2D eigenvalue weighted by molar-refractivity contribution is -0.211. The van der Waals surface area contributed by atoms with Gasteiger partial charge in [0.2, 0.25) is 22.1 Å². The van der Waals surface area contributed by atoms with Gasteiger partial charge in [0.05, 0.1) is 6.04 Å². The molecule has 1 amide bonds. The van der Waals surface area contributed by atoms with Gasteiger partial charge < -0.3 is 10.0 Å². The topological polar surface area (TPSA) is 86.7 Å². The van der Waals surface area contributed by atoms with Gasteiger partial charge in [-0.1, -0.05) is 48.5 Å². The van der Waals surface area contributed by atoms with Crippen molar-refractivity contribution in [2.45, 2.75) is 43.6 Å². The number of likely N-dealkylation sites (tertiary alicyclic amines) is 1. The highest BCUT2D eigenvalue weighted by Gasteiger charge is 2.63. The predicted molar refractivity (Wildman–Crippen MR) is 117 cm³/mol. The zero-order valence-corrected chi connectivity index (χ0v) is 19.1. The first-order valence-corrected chi connectivity index (χ1v) is 12.5. The number of nitrogens with zero attached hydrogens (tertiary/aromatic N) is 1. The number of hydrogen-bond acceptors (Lipinski definition) is 4. The van der Waals surface area contributed by atoms with Crippen molar-refractivity contribution in [1.29, 1.82) is 0 Å². The molecule has 0 unspecified atom stereocenters. The smallest absolute Gasteiger partial charge is 0.376 e. The number of sulfonamides is 1. The Labute approximate surface area is 198 Å². The second kappa shape index (κ2) is 9.14. The Morgan fingerprint density at radius 1 is 1.14 bits per heavy atom. The first kappa shape index (κ1) is 25.5. The SMILES string of the molecule is O=C([C@H](O)C(F)(F)F)N1CC2(CC2)[C@H](NS(=O)(=O)CF)[C@@H]1Cc1cccc(-c2ccccc2)c1F. The molecule has 3 atom stereocenters. The fourth-order valence-corrected chi connectivity index (χ4v) is 5.63.